The number of aromatic nitrogens is 3. The minimum Gasteiger partial charge on any atom is -0.464 e. The topological polar surface area (TPSA) is 107 Å². The first-order valence-corrected chi connectivity index (χ1v) is 8.89. The highest BCUT2D eigenvalue weighted by atomic mass is 35.5. The van der Waals surface area contributed by atoms with E-state index in [2.05, 4.69) is 15.0 Å². The maximum atomic E-state index is 12.1. The summed E-state index contributed by atoms with van der Waals surface area (Å²) in [6.45, 7) is 6.27. The summed E-state index contributed by atoms with van der Waals surface area (Å²) in [5.41, 5.74) is -1.22. The number of hydrogen-bond acceptors (Lipinski definition) is 7. The van der Waals surface area contributed by atoms with Gasteiger partial charge in [-0.05, 0) is 33.6 Å². The van der Waals surface area contributed by atoms with E-state index < -0.39 is 23.3 Å². The Kier molecular flexibility index (Phi) is 6.13. The van der Waals surface area contributed by atoms with E-state index in [1.807, 2.05) is 20.8 Å². The van der Waals surface area contributed by atoms with Crippen molar-refractivity contribution in [1.82, 2.24) is 19.9 Å². The Morgan fingerprint density at radius 1 is 1.31 bits per heavy atom. The molecule has 0 unspecified atom stereocenters. The summed E-state index contributed by atoms with van der Waals surface area (Å²) in [5, 5.41) is 18.6. The van der Waals surface area contributed by atoms with E-state index >= 15 is 0 Å². The summed E-state index contributed by atoms with van der Waals surface area (Å²) in [7, 11) is 1.25. The second-order valence-electron chi connectivity index (χ2n) is 7.36. The quantitative estimate of drug-likeness (QED) is 0.616. The Balaban J connectivity index is 2.03. The molecule has 1 fully saturated rings. The fourth-order valence-electron chi connectivity index (χ4n) is 2.72. The van der Waals surface area contributed by atoms with Crippen LogP contribution in [0.25, 0.3) is 0 Å². The van der Waals surface area contributed by atoms with Gasteiger partial charge in [-0.2, -0.15) is 0 Å². The van der Waals surface area contributed by atoms with Crippen LogP contribution in [0.4, 0.5) is 4.79 Å². The maximum absolute atomic E-state index is 12.1. The van der Waals surface area contributed by atoms with Gasteiger partial charge in [0.25, 0.3) is 0 Å². The molecule has 2 rings (SSSR count). The lowest BCUT2D eigenvalue weighted by Crippen LogP contribution is -2.50. The van der Waals surface area contributed by atoms with Crippen LogP contribution in [0.2, 0.25) is 0 Å². The molecule has 26 heavy (non-hydrogen) atoms. The molecule has 0 saturated carbocycles. The zero-order chi connectivity index (χ0) is 19.5. The van der Waals surface area contributed by atoms with Crippen molar-refractivity contribution in [1.29, 1.82) is 0 Å². The average molecular weight is 389 g/mol. The Morgan fingerprint density at radius 2 is 1.92 bits per heavy atom. The minimum atomic E-state index is -1.08. The number of nitrogens with zero attached hydrogens (tertiary/aromatic N) is 4. The molecular formula is C16H25ClN4O5. The van der Waals surface area contributed by atoms with Gasteiger partial charge in [-0.1, -0.05) is 5.21 Å². The average Bonchev–Trinajstić information content (AvgIpc) is 2.95. The van der Waals surface area contributed by atoms with Crippen LogP contribution in [0.15, 0.2) is 0 Å². The van der Waals surface area contributed by atoms with Crippen molar-refractivity contribution in [2.75, 3.05) is 20.2 Å². The number of rotatable bonds is 4. The number of aliphatic hydroxyl groups is 1. The molecule has 2 heterocycles. The van der Waals surface area contributed by atoms with Crippen molar-refractivity contribution >= 4 is 23.7 Å². The van der Waals surface area contributed by atoms with Crippen molar-refractivity contribution in [3.63, 3.8) is 0 Å². The highest BCUT2D eigenvalue weighted by Crippen LogP contribution is 2.26. The molecule has 1 aliphatic heterocycles. The van der Waals surface area contributed by atoms with Crippen molar-refractivity contribution in [2.45, 2.75) is 57.2 Å². The number of likely N-dealkylation sites (tertiary alicyclic amines) is 1. The highest BCUT2D eigenvalue weighted by molar-refractivity contribution is 6.17. The summed E-state index contributed by atoms with van der Waals surface area (Å²) in [6, 6.07) is 0. The number of alkyl halides is 1. The standard InChI is InChI=1S/C16H25ClN4O5/c1-15(2,3)26-14(23)20-7-5-16(24,6-8-20)10-21-11(9-17)12(18-19-21)13(22)25-4/h24H,5-10H2,1-4H3. The number of amides is 1. The predicted octanol–water partition coefficient (Wildman–Crippen LogP) is 1.57. The number of esters is 1. The van der Waals surface area contributed by atoms with Gasteiger partial charge in [0.05, 0.1) is 30.8 Å². The van der Waals surface area contributed by atoms with E-state index in [0.717, 1.165) is 0 Å². The normalized spacial score (nSPS) is 17.1. The molecule has 10 heteroatoms. The second-order valence-corrected chi connectivity index (χ2v) is 7.63. The maximum Gasteiger partial charge on any atom is 0.410 e. The van der Waals surface area contributed by atoms with Gasteiger partial charge in [0.1, 0.15) is 5.60 Å². The summed E-state index contributed by atoms with van der Waals surface area (Å²) >= 11 is 5.91. The fraction of sp³-hybridized carbons (Fsp3) is 0.750. The molecule has 1 aromatic heterocycles. The first kappa shape index (κ1) is 20.4. The monoisotopic (exact) mass is 388 g/mol. The number of hydrogen-bond donors (Lipinski definition) is 1. The van der Waals surface area contributed by atoms with Gasteiger partial charge < -0.3 is 19.5 Å². The Morgan fingerprint density at radius 3 is 2.42 bits per heavy atom. The molecule has 9 nitrogen and oxygen atoms in total. The lowest BCUT2D eigenvalue weighted by atomic mass is 9.91. The summed E-state index contributed by atoms with van der Waals surface area (Å²) in [5.74, 6) is -0.615. The fourth-order valence-corrected chi connectivity index (χ4v) is 2.98. The number of carbonyl (C=O) groups excluding carboxylic acids is 2. The molecule has 0 bridgehead atoms. The van der Waals surface area contributed by atoms with Crippen LogP contribution in [0.3, 0.4) is 0 Å². The first-order valence-electron chi connectivity index (χ1n) is 8.35. The molecule has 1 N–H and O–H groups in total. The third-order valence-electron chi connectivity index (χ3n) is 4.13. The van der Waals surface area contributed by atoms with Crippen LogP contribution >= 0.6 is 11.6 Å². The number of piperidine rings is 1. The lowest BCUT2D eigenvalue weighted by molar-refractivity contribution is -0.0438. The third-order valence-corrected chi connectivity index (χ3v) is 4.39. The Labute approximate surface area is 157 Å². The summed E-state index contributed by atoms with van der Waals surface area (Å²) < 4.78 is 11.4. The van der Waals surface area contributed by atoms with E-state index in [1.54, 1.807) is 4.90 Å². The number of carbonyl (C=O) groups is 2. The minimum absolute atomic E-state index is 0.0115. The van der Waals surface area contributed by atoms with E-state index in [0.29, 0.717) is 31.6 Å². The molecule has 1 saturated heterocycles. The highest BCUT2D eigenvalue weighted by Gasteiger charge is 2.37. The van der Waals surface area contributed by atoms with Gasteiger partial charge in [0, 0.05) is 13.1 Å². The van der Waals surface area contributed by atoms with Crippen molar-refractivity contribution in [2.24, 2.45) is 0 Å². The van der Waals surface area contributed by atoms with Crippen LogP contribution < -0.4 is 0 Å². The molecule has 146 valence electrons. The molecule has 1 aromatic rings. The van der Waals surface area contributed by atoms with E-state index in [9.17, 15) is 14.7 Å². The molecule has 1 amide bonds. The third kappa shape index (κ3) is 4.85. The Bertz CT molecular complexity index is 662. The van der Waals surface area contributed by atoms with Gasteiger partial charge in [0.2, 0.25) is 0 Å². The van der Waals surface area contributed by atoms with Crippen molar-refractivity contribution < 1.29 is 24.2 Å². The van der Waals surface area contributed by atoms with Crippen molar-refractivity contribution in [3.05, 3.63) is 11.4 Å². The van der Waals surface area contributed by atoms with Crippen LogP contribution in [0.1, 0.15) is 49.8 Å². The summed E-state index contributed by atoms with van der Waals surface area (Å²) in [4.78, 5) is 25.4. The molecule has 0 aromatic carbocycles. The lowest BCUT2D eigenvalue weighted by Gasteiger charge is -2.38. The molecule has 0 atom stereocenters. The molecule has 1 aliphatic rings. The van der Waals surface area contributed by atoms with Gasteiger partial charge >= 0.3 is 12.1 Å². The Hall–Kier alpha value is -1.87. The van der Waals surface area contributed by atoms with Gasteiger partial charge in [-0.25, -0.2) is 14.3 Å². The first-order chi connectivity index (χ1) is 12.1. The van der Waals surface area contributed by atoms with Crippen LogP contribution in [-0.2, 0) is 21.9 Å². The van der Waals surface area contributed by atoms with E-state index in [1.165, 1.54) is 11.8 Å². The smallest absolute Gasteiger partial charge is 0.410 e. The van der Waals surface area contributed by atoms with Gasteiger partial charge in [-0.3, -0.25) is 0 Å². The van der Waals surface area contributed by atoms with Gasteiger partial charge in [0.15, 0.2) is 5.69 Å². The van der Waals surface area contributed by atoms with E-state index in [4.69, 9.17) is 16.3 Å². The number of halogens is 1. The second kappa shape index (κ2) is 7.79. The SMILES string of the molecule is COC(=O)c1nnn(CC2(O)CCN(C(=O)OC(C)(C)C)CC2)c1CCl. The van der Waals surface area contributed by atoms with Crippen LogP contribution in [-0.4, -0.2) is 68.5 Å². The number of methoxy groups -OCH3 is 1. The number of ether oxygens (including phenoxy) is 2. The predicted molar refractivity (Wildman–Crippen MR) is 92.9 cm³/mol. The van der Waals surface area contributed by atoms with Crippen molar-refractivity contribution in [3.8, 4) is 0 Å². The zero-order valence-electron chi connectivity index (χ0n) is 15.5. The van der Waals surface area contributed by atoms with Crippen LogP contribution in [0.5, 0.6) is 0 Å². The van der Waals surface area contributed by atoms with E-state index in [-0.39, 0.29) is 18.1 Å². The van der Waals surface area contributed by atoms with Gasteiger partial charge in [-0.15, -0.1) is 16.7 Å². The molecule has 0 aliphatic carbocycles. The van der Waals surface area contributed by atoms with Crippen LogP contribution in [0, 0.1) is 0 Å². The molecule has 0 spiro atoms. The summed E-state index contributed by atoms with van der Waals surface area (Å²) in [6.07, 6.45) is 0.303. The molecular weight excluding hydrogens is 364 g/mol. The zero-order valence-corrected chi connectivity index (χ0v) is 16.2. The largest absolute Gasteiger partial charge is 0.464 e. The molecule has 0 radical (unpaired) electrons.